The number of hydrogen-bond donors (Lipinski definition) is 1. The average Bonchev–Trinajstić information content (AvgIpc) is 2.43. The first-order valence-electron chi connectivity index (χ1n) is 6.89. The van der Waals surface area contributed by atoms with Crippen LogP contribution in [0.3, 0.4) is 0 Å². The van der Waals surface area contributed by atoms with Crippen molar-refractivity contribution in [2.45, 2.75) is 32.7 Å². The molecule has 1 heterocycles. The lowest BCUT2D eigenvalue weighted by atomic mass is 9.93. The Balaban J connectivity index is 2.68. The molecule has 19 heavy (non-hydrogen) atoms. The maximum Gasteiger partial charge on any atom is 0.142 e. The van der Waals surface area contributed by atoms with Gasteiger partial charge in [-0.3, -0.25) is 0 Å². The van der Waals surface area contributed by atoms with E-state index < -0.39 is 0 Å². The molecule has 0 aliphatic carbocycles. The molecule has 0 saturated heterocycles. The van der Waals surface area contributed by atoms with Gasteiger partial charge in [-0.1, -0.05) is 32.8 Å². The summed E-state index contributed by atoms with van der Waals surface area (Å²) in [5.74, 6) is 1.44. The minimum atomic E-state index is 0.453. The Morgan fingerprint density at radius 1 is 1.32 bits per heavy atom. The summed E-state index contributed by atoms with van der Waals surface area (Å²) in [4.78, 5) is 6.51. The Morgan fingerprint density at radius 3 is 2.53 bits per heavy atom. The largest absolute Gasteiger partial charge is 0.368 e. The van der Waals surface area contributed by atoms with Gasteiger partial charge in [0.05, 0.1) is 0 Å². The second-order valence-corrected chi connectivity index (χ2v) is 5.01. The quantitative estimate of drug-likeness (QED) is 0.819. The smallest absolute Gasteiger partial charge is 0.142 e. The van der Waals surface area contributed by atoms with E-state index in [9.17, 15) is 0 Å². The number of likely N-dealkylation sites (N-methyl/N-ethyl adjacent to an activating group) is 1. The van der Waals surface area contributed by atoms with Gasteiger partial charge in [0.2, 0.25) is 0 Å². The van der Waals surface area contributed by atoms with Gasteiger partial charge >= 0.3 is 0 Å². The molecule has 1 atom stereocenters. The van der Waals surface area contributed by atoms with E-state index in [1.165, 1.54) is 12.8 Å². The topological polar surface area (TPSA) is 52.0 Å². The van der Waals surface area contributed by atoms with E-state index in [-0.39, 0.29) is 0 Å². The first kappa shape index (κ1) is 15.5. The molecule has 0 fully saturated rings. The zero-order valence-electron chi connectivity index (χ0n) is 12.3. The van der Waals surface area contributed by atoms with Gasteiger partial charge < -0.3 is 10.2 Å². The standard InChI is InChI=1S/C15H24N4/c1-5-12(6-2)14(19(3)4)11-17-15-9-7-8-13(10-16)18-15/h7-9,12,14H,5-6,11H2,1-4H3,(H,17,18). The van der Waals surface area contributed by atoms with Gasteiger partial charge in [-0.25, -0.2) is 4.98 Å². The molecule has 0 spiro atoms. The molecule has 1 aromatic rings. The molecule has 0 bridgehead atoms. The highest BCUT2D eigenvalue weighted by Gasteiger charge is 2.20. The molecule has 0 aliphatic rings. The van der Waals surface area contributed by atoms with Crippen LogP contribution in [0.4, 0.5) is 5.82 Å². The third-order valence-electron chi connectivity index (χ3n) is 3.61. The van der Waals surface area contributed by atoms with E-state index in [0.29, 0.717) is 17.7 Å². The monoisotopic (exact) mass is 260 g/mol. The molecule has 4 heteroatoms. The van der Waals surface area contributed by atoms with Crippen molar-refractivity contribution in [2.24, 2.45) is 5.92 Å². The summed E-state index contributed by atoms with van der Waals surface area (Å²) in [6.07, 6.45) is 2.35. The molecule has 0 aromatic carbocycles. The van der Waals surface area contributed by atoms with Crippen LogP contribution in [0.2, 0.25) is 0 Å². The maximum atomic E-state index is 8.84. The summed E-state index contributed by atoms with van der Waals surface area (Å²) in [6, 6.07) is 8.01. The van der Waals surface area contributed by atoms with Crippen molar-refractivity contribution in [1.82, 2.24) is 9.88 Å². The van der Waals surface area contributed by atoms with Crippen LogP contribution in [0, 0.1) is 17.2 Å². The second-order valence-electron chi connectivity index (χ2n) is 5.01. The van der Waals surface area contributed by atoms with Crippen LogP contribution in [-0.2, 0) is 0 Å². The highest BCUT2D eigenvalue weighted by Crippen LogP contribution is 2.17. The number of nitrogens with zero attached hydrogens (tertiary/aromatic N) is 3. The average molecular weight is 260 g/mol. The summed E-state index contributed by atoms with van der Waals surface area (Å²) >= 11 is 0. The first-order valence-corrected chi connectivity index (χ1v) is 6.89. The third kappa shape index (κ3) is 4.53. The third-order valence-corrected chi connectivity index (χ3v) is 3.61. The number of nitrogens with one attached hydrogen (secondary N) is 1. The SMILES string of the molecule is CCC(CC)C(CNc1cccc(C#N)n1)N(C)C. The number of nitriles is 1. The number of hydrogen-bond acceptors (Lipinski definition) is 4. The van der Waals surface area contributed by atoms with Crippen molar-refractivity contribution in [2.75, 3.05) is 26.0 Å². The number of rotatable bonds is 7. The molecule has 0 amide bonds. The maximum absolute atomic E-state index is 8.84. The summed E-state index contributed by atoms with van der Waals surface area (Å²) < 4.78 is 0. The van der Waals surface area contributed by atoms with E-state index in [0.717, 1.165) is 12.4 Å². The zero-order chi connectivity index (χ0) is 14.3. The predicted octanol–water partition coefficient (Wildman–Crippen LogP) is 2.73. The Kier molecular flexibility index (Phi) is 6.31. The lowest BCUT2D eigenvalue weighted by Gasteiger charge is -2.31. The Labute approximate surface area is 116 Å². The number of anilines is 1. The van der Waals surface area contributed by atoms with Gasteiger partial charge in [0, 0.05) is 12.6 Å². The zero-order valence-corrected chi connectivity index (χ0v) is 12.3. The molecule has 0 aliphatic heterocycles. The van der Waals surface area contributed by atoms with Gasteiger partial charge in [0.15, 0.2) is 0 Å². The van der Waals surface area contributed by atoms with Crippen molar-refractivity contribution in [3.05, 3.63) is 23.9 Å². The highest BCUT2D eigenvalue weighted by atomic mass is 15.1. The Morgan fingerprint density at radius 2 is 2.00 bits per heavy atom. The summed E-state index contributed by atoms with van der Waals surface area (Å²) in [6.45, 7) is 5.32. The molecule has 0 radical (unpaired) electrons. The molecule has 1 unspecified atom stereocenters. The van der Waals surface area contributed by atoms with Crippen LogP contribution in [0.15, 0.2) is 18.2 Å². The van der Waals surface area contributed by atoms with E-state index in [1.807, 2.05) is 12.1 Å². The molecule has 1 N–H and O–H groups in total. The van der Waals surface area contributed by atoms with Crippen molar-refractivity contribution < 1.29 is 0 Å². The molecular formula is C15H24N4. The van der Waals surface area contributed by atoms with Crippen molar-refractivity contribution >= 4 is 5.82 Å². The van der Waals surface area contributed by atoms with Crippen LogP contribution in [0.5, 0.6) is 0 Å². The van der Waals surface area contributed by atoms with E-state index in [1.54, 1.807) is 6.07 Å². The van der Waals surface area contributed by atoms with Gasteiger partial charge in [-0.2, -0.15) is 5.26 Å². The normalized spacial score (nSPS) is 12.5. The lowest BCUT2D eigenvalue weighted by Crippen LogP contribution is -2.40. The highest BCUT2D eigenvalue weighted by molar-refractivity contribution is 5.38. The molecular weight excluding hydrogens is 236 g/mol. The Hall–Kier alpha value is -1.60. The fourth-order valence-electron chi connectivity index (χ4n) is 2.41. The summed E-state index contributed by atoms with van der Waals surface area (Å²) in [7, 11) is 4.23. The van der Waals surface area contributed by atoms with E-state index in [4.69, 9.17) is 5.26 Å². The fraction of sp³-hybridized carbons (Fsp3) is 0.600. The molecule has 1 aromatic heterocycles. The minimum absolute atomic E-state index is 0.453. The molecule has 1 rings (SSSR count). The van der Waals surface area contributed by atoms with Gasteiger partial charge in [-0.15, -0.1) is 0 Å². The minimum Gasteiger partial charge on any atom is -0.368 e. The summed E-state index contributed by atoms with van der Waals surface area (Å²) in [5.41, 5.74) is 0.453. The lowest BCUT2D eigenvalue weighted by molar-refractivity contribution is 0.210. The second kappa shape index (κ2) is 7.75. The molecule has 104 valence electrons. The first-order chi connectivity index (χ1) is 9.12. The van der Waals surface area contributed by atoms with E-state index >= 15 is 0 Å². The van der Waals surface area contributed by atoms with E-state index in [2.05, 4.69) is 49.2 Å². The molecule has 4 nitrogen and oxygen atoms in total. The van der Waals surface area contributed by atoms with Gasteiger partial charge in [-0.05, 0) is 32.1 Å². The van der Waals surface area contributed by atoms with Crippen LogP contribution in [0.1, 0.15) is 32.4 Å². The van der Waals surface area contributed by atoms with Crippen LogP contribution in [-0.4, -0.2) is 36.6 Å². The summed E-state index contributed by atoms with van der Waals surface area (Å²) in [5, 5.41) is 12.2. The van der Waals surface area contributed by atoms with Crippen molar-refractivity contribution in [3.63, 3.8) is 0 Å². The van der Waals surface area contributed by atoms with Crippen LogP contribution >= 0.6 is 0 Å². The van der Waals surface area contributed by atoms with Crippen molar-refractivity contribution in [3.8, 4) is 6.07 Å². The fourth-order valence-corrected chi connectivity index (χ4v) is 2.41. The Bertz CT molecular complexity index is 418. The number of aromatic nitrogens is 1. The predicted molar refractivity (Wildman–Crippen MR) is 79.0 cm³/mol. The number of pyridine rings is 1. The van der Waals surface area contributed by atoms with Gasteiger partial charge in [0.25, 0.3) is 0 Å². The molecule has 0 saturated carbocycles. The van der Waals surface area contributed by atoms with Crippen LogP contribution < -0.4 is 5.32 Å². The van der Waals surface area contributed by atoms with Gasteiger partial charge in [0.1, 0.15) is 17.6 Å². The van der Waals surface area contributed by atoms with Crippen molar-refractivity contribution in [1.29, 1.82) is 5.26 Å². The van der Waals surface area contributed by atoms with Crippen LogP contribution in [0.25, 0.3) is 0 Å².